The summed E-state index contributed by atoms with van der Waals surface area (Å²) in [4.78, 5) is -0.554. The second kappa shape index (κ2) is 5.52. The summed E-state index contributed by atoms with van der Waals surface area (Å²) in [6.45, 7) is 1.89. The number of hydrogen-bond donors (Lipinski definition) is 2. The first kappa shape index (κ1) is 14.0. The van der Waals surface area contributed by atoms with Crippen LogP contribution in [0, 0.1) is 11.6 Å². The molecule has 1 aromatic rings. The zero-order chi connectivity index (χ0) is 13.1. The normalized spacial score (nSPS) is 13.6. The predicted molar refractivity (Wildman–Crippen MR) is 60.1 cm³/mol. The van der Waals surface area contributed by atoms with Crippen LogP contribution >= 0.6 is 0 Å². The molecular formula is C10H14F2N2O2S. The maximum Gasteiger partial charge on any atom is 0.243 e. The van der Waals surface area contributed by atoms with Crippen molar-refractivity contribution in [3.05, 3.63) is 29.8 Å². The van der Waals surface area contributed by atoms with Gasteiger partial charge in [-0.3, -0.25) is 0 Å². The van der Waals surface area contributed by atoms with E-state index in [0.29, 0.717) is 6.07 Å². The zero-order valence-electron chi connectivity index (χ0n) is 9.50. The topological polar surface area (TPSA) is 58.2 Å². The molecule has 0 aliphatic rings. The summed E-state index contributed by atoms with van der Waals surface area (Å²) in [6, 6.07) is 2.25. The molecule has 7 heteroatoms. The lowest BCUT2D eigenvalue weighted by Crippen LogP contribution is -2.37. The molecule has 0 aliphatic carbocycles. The van der Waals surface area contributed by atoms with Gasteiger partial charge in [-0.05, 0) is 26.1 Å². The van der Waals surface area contributed by atoms with Gasteiger partial charge in [0.15, 0.2) is 0 Å². The van der Waals surface area contributed by atoms with Gasteiger partial charge in [-0.2, -0.15) is 0 Å². The monoisotopic (exact) mass is 264 g/mol. The van der Waals surface area contributed by atoms with E-state index in [0.717, 1.165) is 12.1 Å². The third-order valence-corrected chi connectivity index (χ3v) is 3.71. The summed E-state index contributed by atoms with van der Waals surface area (Å²) >= 11 is 0. The molecule has 0 aliphatic heterocycles. The van der Waals surface area contributed by atoms with Gasteiger partial charge in [0.1, 0.15) is 16.5 Å². The van der Waals surface area contributed by atoms with Crippen LogP contribution in [0.25, 0.3) is 0 Å². The van der Waals surface area contributed by atoms with Gasteiger partial charge in [-0.25, -0.2) is 21.9 Å². The van der Waals surface area contributed by atoms with Crippen molar-refractivity contribution < 1.29 is 17.2 Å². The lowest BCUT2D eigenvalue weighted by atomic mass is 10.3. The SMILES string of the molecule is CNC(C)CNS(=O)(=O)c1ccc(F)cc1F. The maximum absolute atomic E-state index is 13.3. The average molecular weight is 264 g/mol. The third kappa shape index (κ3) is 3.72. The van der Waals surface area contributed by atoms with Crippen molar-refractivity contribution in [1.29, 1.82) is 0 Å². The molecule has 1 unspecified atom stereocenters. The molecule has 2 N–H and O–H groups in total. The molecule has 0 spiro atoms. The number of sulfonamides is 1. The quantitative estimate of drug-likeness (QED) is 0.829. The van der Waals surface area contributed by atoms with Crippen molar-refractivity contribution in [1.82, 2.24) is 10.0 Å². The molecule has 0 bridgehead atoms. The summed E-state index contributed by atoms with van der Waals surface area (Å²) in [5.74, 6) is -1.92. The van der Waals surface area contributed by atoms with Gasteiger partial charge in [0.05, 0.1) is 0 Å². The van der Waals surface area contributed by atoms with Crippen LogP contribution in [-0.4, -0.2) is 28.1 Å². The summed E-state index contributed by atoms with van der Waals surface area (Å²) < 4.78 is 51.5. The molecule has 1 atom stereocenters. The predicted octanol–water partition coefficient (Wildman–Crippen LogP) is 0.851. The maximum atomic E-state index is 13.3. The van der Waals surface area contributed by atoms with E-state index in [9.17, 15) is 17.2 Å². The molecule has 0 radical (unpaired) electrons. The van der Waals surface area contributed by atoms with Crippen molar-refractivity contribution in [3.8, 4) is 0 Å². The van der Waals surface area contributed by atoms with E-state index in [4.69, 9.17) is 0 Å². The van der Waals surface area contributed by atoms with Gasteiger partial charge in [-0.1, -0.05) is 0 Å². The van der Waals surface area contributed by atoms with Gasteiger partial charge in [-0.15, -0.1) is 0 Å². The number of hydrogen-bond acceptors (Lipinski definition) is 3. The number of rotatable bonds is 5. The smallest absolute Gasteiger partial charge is 0.243 e. The Morgan fingerprint density at radius 2 is 2.00 bits per heavy atom. The van der Waals surface area contributed by atoms with Gasteiger partial charge in [0, 0.05) is 18.7 Å². The fourth-order valence-corrected chi connectivity index (χ4v) is 2.30. The van der Waals surface area contributed by atoms with Gasteiger partial charge in [0.2, 0.25) is 10.0 Å². The zero-order valence-corrected chi connectivity index (χ0v) is 10.3. The molecule has 0 amide bonds. The number of nitrogens with one attached hydrogen (secondary N) is 2. The van der Waals surface area contributed by atoms with Crippen molar-refractivity contribution in [3.63, 3.8) is 0 Å². The van der Waals surface area contributed by atoms with Crippen LogP contribution in [0.3, 0.4) is 0 Å². The van der Waals surface area contributed by atoms with Crippen molar-refractivity contribution in [2.75, 3.05) is 13.6 Å². The highest BCUT2D eigenvalue weighted by molar-refractivity contribution is 7.89. The van der Waals surface area contributed by atoms with E-state index in [1.54, 1.807) is 14.0 Å². The first-order valence-electron chi connectivity index (χ1n) is 4.99. The van der Waals surface area contributed by atoms with Crippen molar-refractivity contribution in [2.45, 2.75) is 17.9 Å². The molecule has 96 valence electrons. The Hall–Kier alpha value is -1.05. The van der Waals surface area contributed by atoms with Crippen LogP contribution in [0.4, 0.5) is 8.78 Å². The van der Waals surface area contributed by atoms with Crippen LogP contribution in [0.1, 0.15) is 6.92 Å². The van der Waals surface area contributed by atoms with E-state index >= 15 is 0 Å². The van der Waals surface area contributed by atoms with E-state index in [1.807, 2.05) is 0 Å². The summed E-state index contributed by atoms with van der Waals surface area (Å²) in [5, 5.41) is 2.83. The lowest BCUT2D eigenvalue weighted by molar-refractivity contribution is 0.533. The highest BCUT2D eigenvalue weighted by atomic mass is 32.2. The Bertz CT molecular complexity index is 491. The molecule has 0 fully saturated rings. The van der Waals surface area contributed by atoms with E-state index in [2.05, 4.69) is 10.0 Å². The minimum absolute atomic E-state index is 0.0896. The highest BCUT2D eigenvalue weighted by Gasteiger charge is 2.19. The Balaban J connectivity index is 2.90. The average Bonchev–Trinajstić information content (AvgIpc) is 2.25. The molecule has 0 saturated heterocycles. The van der Waals surface area contributed by atoms with E-state index in [1.165, 1.54) is 0 Å². The Morgan fingerprint density at radius 3 is 2.53 bits per heavy atom. The number of likely N-dealkylation sites (N-methyl/N-ethyl adjacent to an activating group) is 1. The molecular weight excluding hydrogens is 250 g/mol. The largest absolute Gasteiger partial charge is 0.316 e. The van der Waals surface area contributed by atoms with Gasteiger partial charge in [0.25, 0.3) is 0 Å². The Labute approximate surface area is 99.1 Å². The minimum Gasteiger partial charge on any atom is -0.316 e. The minimum atomic E-state index is -3.94. The lowest BCUT2D eigenvalue weighted by Gasteiger charge is -2.12. The summed E-state index contributed by atoms with van der Waals surface area (Å²) in [6.07, 6.45) is 0. The highest BCUT2D eigenvalue weighted by Crippen LogP contribution is 2.14. The molecule has 4 nitrogen and oxygen atoms in total. The second-order valence-electron chi connectivity index (χ2n) is 3.62. The molecule has 17 heavy (non-hydrogen) atoms. The van der Waals surface area contributed by atoms with Gasteiger partial charge < -0.3 is 5.32 Å². The summed E-state index contributed by atoms with van der Waals surface area (Å²) in [7, 11) is -2.27. The Morgan fingerprint density at radius 1 is 1.35 bits per heavy atom. The van der Waals surface area contributed by atoms with Crippen LogP contribution < -0.4 is 10.0 Å². The third-order valence-electron chi connectivity index (χ3n) is 2.26. The Kier molecular flexibility index (Phi) is 4.55. The first-order valence-corrected chi connectivity index (χ1v) is 6.47. The number of benzene rings is 1. The van der Waals surface area contributed by atoms with Crippen molar-refractivity contribution >= 4 is 10.0 Å². The van der Waals surface area contributed by atoms with Crippen LogP contribution in [0.15, 0.2) is 23.1 Å². The molecule has 0 heterocycles. The molecule has 0 saturated carbocycles. The van der Waals surface area contributed by atoms with E-state index < -0.39 is 26.6 Å². The first-order chi connectivity index (χ1) is 7.86. The standard InChI is InChI=1S/C10H14F2N2O2S/c1-7(13-2)6-14-17(15,16)10-4-3-8(11)5-9(10)12/h3-5,7,13-14H,6H2,1-2H3. The van der Waals surface area contributed by atoms with Crippen LogP contribution in [-0.2, 0) is 10.0 Å². The number of halogens is 2. The molecule has 1 aromatic carbocycles. The van der Waals surface area contributed by atoms with Crippen LogP contribution in [0.2, 0.25) is 0 Å². The fraction of sp³-hybridized carbons (Fsp3) is 0.400. The van der Waals surface area contributed by atoms with Gasteiger partial charge >= 0.3 is 0 Å². The second-order valence-corrected chi connectivity index (χ2v) is 5.35. The van der Waals surface area contributed by atoms with E-state index in [-0.39, 0.29) is 12.6 Å². The van der Waals surface area contributed by atoms with Crippen molar-refractivity contribution in [2.24, 2.45) is 0 Å². The summed E-state index contributed by atoms with van der Waals surface area (Å²) in [5.41, 5.74) is 0. The fourth-order valence-electron chi connectivity index (χ4n) is 1.11. The molecule has 1 rings (SSSR count). The molecule has 0 aromatic heterocycles. The van der Waals surface area contributed by atoms with Crippen LogP contribution in [0.5, 0.6) is 0 Å².